The molecule has 74 valence electrons. The third kappa shape index (κ3) is 53.6. The molecule has 0 aliphatic heterocycles. The second kappa shape index (κ2) is 9.70. The van der Waals surface area contributed by atoms with Crippen LogP contribution in [0.1, 0.15) is 0 Å². The molecule has 0 aromatic heterocycles. The van der Waals surface area contributed by atoms with E-state index in [1.54, 1.807) is 0 Å². The smallest absolute Gasteiger partial charge is 0.753 e. The molecule has 0 spiro atoms. The zero-order valence-electron chi connectivity index (χ0n) is 6.19. The number of rotatable bonds is 1. The molecule has 0 heterocycles. The molecule has 0 saturated heterocycles. The van der Waals surface area contributed by atoms with Crippen molar-refractivity contribution >= 4 is 56.3 Å². The second-order valence-electron chi connectivity index (χ2n) is 1.12. The van der Waals surface area contributed by atoms with Crippen LogP contribution in [0.3, 0.4) is 0 Å². The van der Waals surface area contributed by atoms with Crippen molar-refractivity contribution in [2.45, 2.75) is 0 Å². The Morgan fingerprint density at radius 2 is 1.77 bits per heavy atom. The summed E-state index contributed by atoms with van der Waals surface area (Å²) >= 11 is 11.2. The van der Waals surface area contributed by atoms with Gasteiger partial charge in [-0.15, -0.1) is 4.40 Å². The van der Waals surface area contributed by atoms with Gasteiger partial charge in [-0.05, 0) is 0 Å². The monoisotopic (exact) mass is 311 g/mol. The molecule has 0 rings (SSSR count). The molecule has 0 radical (unpaired) electrons. The number of isocyanates is 1. The summed E-state index contributed by atoms with van der Waals surface area (Å²) in [4.78, 5) is 24.8. The van der Waals surface area contributed by atoms with E-state index in [0.717, 1.165) is 0 Å². The molecule has 0 saturated carbocycles. The van der Waals surface area contributed by atoms with Gasteiger partial charge in [0, 0.05) is 7.31 Å². The minimum Gasteiger partial charge on any atom is -0.753 e. The van der Waals surface area contributed by atoms with Crippen LogP contribution in [0.5, 0.6) is 0 Å². The summed E-state index contributed by atoms with van der Waals surface area (Å²) in [6.07, 6.45) is 1.29. The first kappa shape index (κ1) is 20.9. The number of thiol groups is 3. The number of halogens is 1. The quantitative estimate of drug-likeness (QED) is 0.113. The predicted octanol–water partition coefficient (Wildman–Crippen LogP) is -2.00. The molecular weight excluding hydrogens is 307 g/mol. The van der Waals surface area contributed by atoms with E-state index < -0.39 is 15.2 Å². The van der Waals surface area contributed by atoms with Crippen LogP contribution in [0.15, 0.2) is 4.40 Å². The van der Waals surface area contributed by atoms with Crippen LogP contribution < -0.4 is 56.3 Å². The second-order valence-corrected chi connectivity index (χ2v) is 10.5. The van der Waals surface area contributed by atoms with Crippen LogP contribution in [-0.2, 0) is 9.36 Å². The van der Waals surface area contributed by atoms with Crippen molar-refractivity contribution in [1.29, 1.82) is 0 Å². The van der Waals surface area contributed by atoms with Crippen molar-refractivity contribution < 1.29 is 74.7 Å². The van der Waals surface area contributed by atoms with Gasteiger partial charge in [0.15, 0.2) is 0 Å². The molecule has 5 nitrogen and oxygen atoms in total. The van der Waals surface area contributed by atoms with Crippen molar-refractivity contribution in [1.82, 2.24) is 0 Å². The van der Waals surface area contributed by atoms with Gasteiger partial charge in [-0.1, -0.05) is 35.0 Å². The standard InChI is InChI=1S/CH3NOS4.FH2O3P.K/c3-1-2-7(4,5)6;1-5(2,3)4;/h4-6H;(H2,2,3,4);/q;;+1/p-1. The van der Waals surface area contributed by atoms with E-state index in [0.29, 0.717) is 0 Å². The SMILES string of the molecule is O=C=NS(S)(S)S.O=P([O-])(O)F.[K+]. The molecule has 12 heteroatoms. The third-order valence-corrected chi connectivity index (χ3v) is 1.21. The molecular formula is CH4FKNO4PS4. The molecule has 13 heavy (non-hydrogen) atoms. The number of nitrogens with zero attached hydrogens (tertiary/aromatic N) is 1. The molecule has 0 aliphatic carbocycles. The molecule has 1 N–H and O–H groups in total. The summed E-state index contributed by atoms with van der Waals surface area (Å²) in [7, 11) is -7.28. The largest absolute Gasteiger partial charge is 1.00 e. The van der Waals surface area contributed by atoms with Gasteiger partial charge in [0.05, 0.1) is 0 Å². The summed E-state index contributed by atoms with van der Waals surface area (Å²) in [5.41, 5.74) is 0. The maximum atomic E-state index is 10.2. The van der Waals surface area contributed by atoms with Crippen LogP contribution in [0, 0.1) is 0 Å². The normalized spacial score (nSPS) is 14.9. The Bertz CT molecular complexity index is 212. The Labute approximate surface area is 133 Å². The van der Waals surface area contributed by atoms with Crippen LogP contribution >= 0.6 is 50.2 Å². The van der Waals surface area contributed by atoms with Crippen LogP contribution in [0.25, 0.3) is 0 Å². The molecule has 0 aromatic rings. The van der Waals surface area contributed by atoms with Crippen LogP contribution in [0.2, 0.25) is 0 Å². The topological polar surface area (TPSA) is 89.8 Å². The van der Waals surface area contributed by atoms with Crippen molar-refractivity contribution in [3.63, 3.8) is 0 Å². The van der Waals surface area contributed by atoms with Gasteiger partial charge in [-0.25, -0.2) is 4.79 Å². The van der Waals surface area contributed by atoms with Gasteiger partial charge in [0.25, 0.3) is 0 Å². The van der Waals surface area contributed by atoms with Crippen molar-refractivity contribution in [2.24, 2.45) is 4.40 Å². The van der Waals surface area contributed by atoms with Gasteiger partial charge in [-0.2, -0.15) is 4.20 Å². The molecule has 0 aromatic carbocycles. The van der Waals surface area contributed by atoms with E-state index in [4.69, 9.17) is 14.4 Å². The van der Waals surface area contributed by atoms with E-state index in [9.17, 15) is 8.99 Å². The summed E-state index contributed by atoms with van der Waals surface area (Å²) in [6.45, 7) is 0. The van der Waals surface area contributed by atoms with E-state index in [1.165, 1.54) is 6.08 Å². The summed E-state index contributed by atoms with van der Waals surface area (Å²) < 4.78 is 21.9. The summed E-state index contributed by atoms with van der Waals surface area (Å²) in [6, 6.07) is 0. The summed E-state index contributed by atoms with van der Waals surface area (Å²) in [5.74, 6) is 0. The maximum Gasteiger partial charge on any atom is 1.00 e. The number of hydrogen-bond donors (Lipinski definition) is 4. The van der Waals surface area contributed by atoms with Gasteiger partial charge < -0.3 is 9.79 Å². The zero-order chi connectivity index (χ0) is 10.4. The number of hydrogen-bond acceptors (Lipinski definition) is 7. The molecule has 1 atom stereocenters. The molecule has 0 fully saturated rings. The summed E-state index contributed by atoms with van der Waals surface area (Å²) in [5, 5.41) is 0. The van der Waals surface area contributed by atoms with Crippen molar-refractivity contribution in [3.8, 4) is 0 Å². The first-order valence-corrected chi connectivity index (χ1v) is 8.11. The average molecular weight is 311 g/mol. The predicted molar refractivity (Wildman–Crippen MR) is 53.6 cm³/mol. The molecule has 0 bridgehead atoms. The number of carbonyl (C=O) groups excluding carboxylic acids is 1. The molecule has 0 amide bonds. The zero-order valence-corrected chi connectivity index (χ0v) is 13.7. The Balaban J connectivity index is -0.000000150. The van der Waals surface area contributed by atoms with E-state index in [1.807, 2.05) is 0 Å². The van der Waals surface area contributed by atoms with Gasteiger partial charge in [-0.3, -0.25) is 4.57 Å². The van der Waals surface area contributed by atoms with Crippen molar-refractivity contribution in [2.75, 3.05) is 0 Å². The third-order valence-electron chi connectivity index (χ3n) is 0.160. The Morgan fingerprint density at radius 1 is 1.54 bits per heavy atom. The first-order valence-electron chi connectivity index (χ1n) is 1.89. The van der Waals surface area contributed by atoms with Gasteiger partial charge >= 0.3 is 59.3 Å². The van der Waals surface area contributed by atoms with E-state index >= 15 is 0 Å². The van der Waals surface area contributed by atoms with Gasteiger partial charge in [0.2, 0.25) is 6.08 Å². The van der Waals surface area contributed by atoms with Crippen LogP contribution in [0.4, 0.5) is 4.20 Å². The Morgan fingerprint density at radius 3 is 1.77 bits per heavy atom. The van der Waals surface area contributed by atoms with Gasteiger partial charge in [0.1, 0.15) is 0 Å². The Kier molecular flexibility index (Phi) is 15.6. The maximum absolute atomic E-state index is 10.2. The van der Waals surface area contributed by atoms with Crippen molar-refractivity contribution in [3.05, 3.63) is 0 Å². The fourth-order valence-corrected chi connectivity index (χ4v) is 0.450. The van der Waals surface area contributed by atoms with E-state index in [-0.39, 0.29) is 51.4 Å². The fourth-order valence-electron chi connectivity index (χ4n) is 0.0500. The van der Waals surface area contributed by atoms with E-state index in [2.05, 4.69) is 39.4 Å². The molecule has 1 unspecified atom stereocenters. The average Bonchev–Trinajstić information content (AvgIpc) is 1.54. The van der Waals surface area contributed by atoms with Crippen LogP contribution in [-0.4, -0.2) is 11.0 Å². The minimum atomic E-state index is -5.39. The molecule has 0 aliphatic rings. The Hall–Kier alpha value is 2.50. The first-order chi connectivity index (χ1) is 5.06. The minimum absolute atomic E-state index is 0. The fraction of sp³-hybridized carbons (Fsp3) is 0.